The van der Waals surface area contributed by atoms with Crippen LogP contribution >= 0.6 is 0 Å². The SMILES string of the molecule is N/C(=N/O)c1ccc(OCCNN2CCCCC2)cc1. The highest BCUT2D eigenvalue weighted by atomic mass is 16.5. The van der Waals surface area contributed by atoms with Gasteiger partial charge in [0, 0.05) is 25.2 Å². The van der Waals surface area contributed by atoms with Crippen molar-refractivity contribution >= 4 is 5.84 Å². The Kier molecular flexibility index (Phi) is 5.64. The summed E-state index contributed by atoms with van der Waals surface area (Å²) in [6, 6.07) is 7.16. The Morgan fingerprint density at radius 2 is 1.95 bits per heavy atom. The van der Waals surface area contributed by atoms with Crippen molar-refractivity contribution in [2.24, 2.45) is 10.9 Å². The molecular weight excluding hydrogens is 256 g/mol. The van der Waals surface area contributed by atoms with E-state index in [4.69, 9.17) is 15.7 Å². The number of hydrogen-bond acceptors (Lipinski definition) is 5. The summed E-state index contributed by atoms with van der Waals surface area (Å²) in [6.07, 6.45) is 3.87. The molecule has 110 valence electrons. The van der Waals surface area contributed by atoms with Gasteiger partial charge < -0.3 is 15.7 Å². The minimum absolute atomic E-state index is 0.100. The predicted molar refractivity (Wildman–Crippen MR) is 77.9 cm³/mol. The van der Waals surface area contributed by atoms with Gasteiger partial charge in [0.2, 0.25) is 0 Å². The summed E-state index contributed by atoms with van der Waals surface area (Å²) in [7, 11) is 0. The number of amidine groups is 1. The molecular formula is C14H22N4O2. The van der Waals surface area contributed by atoms with Crippen molar-refractivity contribution < 1.29 is 9.94 Å². The number of benzene rings is 1. The smallest absolute Gasteiger partial charge is 0.170 e. The molecule has 1 saturated heterocycles. The average Bonchev–Trinajstić information content (AvgIpc) is 2.52. The molecule has 4 N–H and O–H groups in total. The summed E-state index contributed by atoms with van der Waals surface area (Å²) >= 11 is 0. The first-order valence-corrected chi connectivity index (χ1v) is 6.99. The van der Waals surface area contributed by atoms with E-state index in [1.54, 1.807) is 12.1 Å². The molecule has 2 rings (SSSR count). The molecule has 0 unspecified atom stereocenters. The number of nitrogens with two attached hydrogens (primary N) is 1. The van der Waals surface area contributed by atoms with Crippen molar-refractivity contribution in [3.63, 3.8) is 0 Å². The first kappa shape index (κ1) is 14.6. The zero-order chi connectivity index (χ0) is 14.2. The van der Waals surface area contributed by atoms with Crippen LogP contribution in [0.1, 0.15) is 24.8 Å². The molecule has 0 aliphatic carbocycles. The Hall–Kier alpha value is -1.79. The van der Waals surface area contributed by atoms with Crippen LogP contribution in [-0.4, -0.2) is 42.3 Å². The van der Waals surface area contributed by atoms with Crippen LogP contribution in [0.25, 0.3) is 0 Å². The summed E-state index contributed by atoms with van der Waals surface area (Å²) in [4.78, 5) is 0. The molecule has 1 aliphatic heterocycles. The molecule has 0 radical (unpaired) electrons. The van der Waals surface area contributed by atoms with Gasteiger partial charge in [0.05, 0.1) is 0 Å². The third kappa shape index (κ3) is 4.40. The molecule has 0 amide bonds. The molecule has 0 bridgehead atoms. The normalized spacial score (nSPS) is 17.1. The van der Waals surface area contributed by atoms with Crippen molar-refractivity contribution in [2.45, 2.75) is 19.3 Å². The highest BCUT2D eigenvalue weighted by Gasteiger charge is 2.08. The molecule has 6 nitrogen and oxygen atoms in total. The lowest BCUT2D eigenvalue weighted by Gasteiger charge is -2.27. The van der Waals surface area contributed by atoms with Gasteiger partial charge in [0.1, 0.15) is 12.4 Å². The van der Waals surface area contributed by atoms with E-state index in [1.165, 1.54) is 19.3 Å². The van der Waals surface area contributed by atoms with E-state index < -0.39 is 0 Å². The standard InChI is InChI=1S/C14H22N4O2/c15-14(17-19)12-4-6-13(7-5-12)20-11-8-16-18-9-2-1-3-10-18/h4-7,16,19H,1-3,8-11H2,(H2,15,17). The number of oxime groups is 1. The maximum absolute atomic E-state index is 8.57. The van der Waals surface area contributed by atoms with E-state index in [-0.39, 0.29) is 5.84 Å². The van der Waals surface area contributed by atoms with Crippen molar-refractivity contribution in [3.05, 3.63) is 29.8 Å². The number of rotatable bonds is 6. The molecule has 1 heterocycles. The van der Waals surface area contributed by atoms with Gasteiger partial charge in [-0.2, -0.15) is 0 Å². The lowest BCUT2D eigenvalue weighted by Crippen LogP contribution is -2.43. The number of nitrogens with one attached hydrogen (secondary N) is 1. The predicted octanol–water partition coefficient (Wildman–Crippen LogP) is 1.15. The van der Waals surface area contributed by atoms with Crippen molar-refractivity contribution in [1.82, 2.24) is 10.4 Å². The number of piperidine rings is 1. The van der Waals surface area contributed by atoms with Crippen LogP contribution in [0.5, 0.6) is 5.75 Å². The minimum Gasteiger partial charge on any atom is -0.492 e. The van der Waals surface area contributed by atoms with Crippen LogP contribution < -0.4 is 15.9 Å². The summed E-state index contributed by atoms with van der Waals surface area (Å²) in [5.41, 5.74) is 9.53. The largest absolute Gasteiger partial charge is 0.492 e. The Labute approximate surface area is 119 Å². The molecule has 6 heteroatoms. The molecule has 0 aromatic heterocycles. The van der Waals surface area contributed by atoms with Crippen molar-refractivity contribution in [1.29, 1.82) is 0 Å². The monoisotopic (exact) mass is 278 g/mol. The number of hydrazine groups is 1. The van der Waals surface area contributed by atoms with Crippen LogP contribution in [0.4, 0.5) is 0 Å². The fraction of sp³-hybridized carbons (Fsp3) is 0.500. The molecule has 1 aromatic carbocycles. The van der Waals surface area contributed by atoms with Gasteiger partial charge in [0.15, 0.2) is 5.84 Å². The van der Waals surface area contributed by atoms with Crippen LogP contribution in [-0.2, 0) is 0 Å². The second kappa shape index (κ2) is 7.72. The van der Waals surface area contributed by atoms with Crippen LogP contribution in [0, 0.1) is 0 Å². The molecule has 0 atom stereocenters. The quantitative estimate of drug-likeness (QED) is 0.239. The van der Waals surface area contributed by atoms with Crippen LogP contribution in [0.2, 0.25) is 0 Å². The molecule has 0 spiro atoms. The Morgan fingerprint density at radius 1 is 1.25 bits per heavy atom. The molecule has 20 heavy (non-hydrogen) atoms. The molecule has 1 aliphatic rings. The summed E-state index contributed by atoms with van der Waals surface area (Å²) < 4.78 is 5.63. The van der Waals surface area contributed by atoms with E-state index in [1.807, 2.05) is 12.1 Å². The third-order valence-corrected chi connectivity index (χ3v) is 3.32. The van der Waals surface area contributed by atoms with Crippen molar-refractivity contribution in [2.75, 3.05) is 26.2 Å². The summed E-state index contributed by atoms with van der Waals surface area (Å²) in [5.74, 6) is 0.878. The molecule has 0 saturated carbocycles. The maximum atomic E-state index is 8.57. The molecule has 1 fully saturated rings. The highest BCUT2D eigenvalue weighted by molar-refractivity contribution is 5.97. The van der Waals surface area contributed by atoms with Crippen molar-refractivity contribution in [3.8, 4) is 5.75 Å². The first-order valence-electron chi connectivity index (χ1n) is 6.99. The topological polar surface area (TPSA) is 83.1 Å². The van der Waals surface area contributed by atoms with Gasteiger partial charge >= 0.3 is 0 Å². The lowest BCUT2D eigenvalue weighted by molar-refractivity contribution is 0.141. The Bertz CT molecular complexity index is 427. The van der Waals surface area contributed by atoms with Gasteiger partial charge in [-0.3, -0.25) is 5.43 Å². The van der Waals surface area contributed by atoms with Gasteiger partial charge in [-0.1, -0.05) is 11.6 Å². The minimum atomic E-state index is 0.100. The Balaban J connectivity index is 1.68. The fourth-order valence-corrected chi connectivity index (χ4v) is 2.20. The van der Waals surface area contributed by atoms with E-state index in [0.29, 0.717) is 12.2 Å². The molecule has 1 aromatic rings. The van der Waals surface area contributed by atoms with E-state index in [2.05, 4.69) is 15.6 Å². The third-order valence-electron chi connectivity index (χ3n) is 3.32. The zero-order valence-electron chi connectivity index (χ0n) is 11.6. The second-order valence-corrected chi connectivity index (χ2v) is 4.81. The summed E-state index contributed by atoms with van der Waals surface area (Å²) in [6.45, 7) is 3.64. The number of hydrogen-bond donors (Lipinski definition) is 3. The van der Waals surface area contributed by atoms with Gasteiger partial charge in [-0.05, 0) is 37.1 Å². The lowest BCUT2D eigenvalue weighted by atomic mass is 10.2. The van der Waals surface area contributed by atoms with Gasteiger partial charge in [-0.25, -0.2) is 5.01 Å². The van der Waals surface area contributed by atoms with E-state index in [9.17, 15) is 0 Å². The van der Waals surface area contributed by atoms with Gasteiger partial charge in [0.25, 0.3) is 0 Å². The zero-order valence-corrected chi connectivity index (χ0v) is 11.6. The Morgan fingerprint density at radius 3 is 2.60 bits per heavy atom. The van der Waals surface area contributed by atoms with E-state index in [0.717, 1.165) is 25.4 Å². The fourth-order valence-electron chi connectivity index (χ4n) is 2.20. The second-order valence-electron chi connectivity index (χ2n) is 4.81. The maximum Gasteiger partial charge on any atom is 0.170 e. The average molecular weight is 278 g/mol. The van der Waals surface area contributed by atoms with Gasteiger partial charge in [-0.15, -0.1) is 0 Å². The first-order chi connectivity index (χ1) is 9.79. The number of nitrogens with zero attached hydrogens (tertiary/aromatic N) is 2. The van der Waals surface area contributed by atoms with Crippen LogP contribution in [0.15, 0.2) is 29.4 Å². The van der Waals surface area contributed by atoms with Crippen LogP contribution in [0.3, 0.4) is 0 Å². The number of ether oxygens (including phenoxy) is 1. The van der Waals surface area contributed by atoms with E-state index >= 15 is 0 Å². The summed E-state index contributed by atoms with van der Waals surface area (Å²) in [5, 5.41) is 13.8. The highest BCUT2D eigenvalue weighted by Crippen LogP contribution is 2.12.